The maximum atomic E-state index is 15.3. The zero-order chi connectivity index (χ0) is 32.8. The molecule has 250 valence electrons. The summed E-state index contributed by atoms with van der Waals surface area (Å²) in [5, 5.41) is 0. The Morgan fingerprint density at radius 2 is 1.48 bits per heavy atom. The molecule has 0 aromatic heterocycles. The van der Waals surface area contributed by atoms with Crippen LogP contribution >= 0.6 is 0 Å². The van der Waals surface area contributed by atoms with Gasteiger partial charge in [0.05, 0.1) is 19.8 Å². The standard InChI is InChI=1S/C36H40F6O4/c1-3-5-6-7-22-20-44-35(45-21-22)24-10-8-23(9-11-24)25-12-14-28(29(37)16-25)26-17-31(39)34(32(40)18-26)36(41,42)46-27-13-15-33(43-4-2)30(38)19-27/h12-19,22-24,35H,3-11,20-21H2,1-2H3. The second kappa shape index (κ2) is 15.1. The normalized spacial score (nSPS) is 22.1. The van der Waals surface area contributed by atoms with Crippen LogP contribution < -0.4 is 9.47 Å². The SMILES string of the molecule is CCCCCC1COC(C2CCC(c3ccc(-c4cc(F)c(C(F)(F)Oc5ccc(OCC)c(F)c5)c(F)c4)c(F)c3)CC2)OC1. The summed E-state index contributed by atoms with van der Waals surface area (Å²) in [6.07, 6.45) is 3.39. The molecular weight excluding hydrogens is 610 g/mol. The molecule has 0 unspecified atom stereocenters. The number of hydrogen-bond donors (Lipinski definition) is 0. The van der Waals surface area contributed by atoms with E-state index in [1.807, 2.05) is 0 Å². The minimum absolute atomic E-state index is 0.101. The molecule has 10 heteroatoms. The number of alkyl halides is 2. The van der Waals surface area contributed by atoms with Crippen LogP contribution in [0.3, 0.4) is 0 Å². The van der Waals surface area contributed by atoms with Gasteiger partial charge >= 0.3 is 6.11 Å². The molecule has 2 fully saturated rings. The van der Waals surface area contributed by atoms with Gasteiger partial charge in [-0.2, -0.15) is 8.78 Å². The summed E-state index contributed by atoms with van der Waals surface area (Å²) in [7, 11) is 0. The van der Waals surface area contributed by atoms with Crippen molar-refractivity contribution in [3.8, 4) is 22.6 Å². The zero-order valence-electron chi connectivity index (χ0n) is 26.1. The highest BCUT2D eigenvalue weighted by atomic mass is 19.3. The summed E-state index contributed by atoms with van der Waals surface area (Å²) in [4.78, 5) is 0. The second-order valence-electron chi connectivity index (χ2n) is 12.2. The minimum Gasteiger partial charge on any atom is -0.491 e. The van der Waals surface area contributed by atoms with Crippen LogP contribution in [-0.2, 0) is 15.6 Å². The molecule has 46 heavy (non-hydrogen) atoms. The number of benzene rings is 3. The zero-order valence-corrected chi connectivity index (χ0v) is 26.1. The lowest BCUT2D eigenvalue weighted by molar-refractivity contribution is -0.229. The van der Waals surface area contributed by atoms with E-state index in [0.29, 0.717) is 24.1 Å². The molecule has 0 bridgehead atoms. The van der Waals surface area contributed by atoms with Gasteiger partial charge in [0.2, 0.25) is 0 Å². The van der Waals surface area contributed by atoms with E-state index >= 15 is 4.39 Å². The summed E-state index contributed by atoms with van der Waals surface area (Å²) in [5.41, 5.74) is -1.27. The largest absolute Gasteiger partial charge is 0.491 e. The first-order chi connectivity index (χ1) is 22.1. The van der Waals surface area contributed by atoms with Crippen molar-refractivity contribution in [3.63, 3.8) is 0 Å². The molecule has 0 amide bonds. The predicted octanol–water partition coefficient (Wildman–Crippen LogP) is 10.3. The molecule has 0 atom stereocenters. The molecule has 1 aliphatic heterocycles. The number of ether oxygens (including phenoxy) is 4. The summed E-state index contributed by atoms with van der Waals surface area (Å²) < 4.78 is 111. The van der Waals surface area contributed by atoms with Gasteiger partial charge < -0.3 is 18.9 Å². The second-order valence-corrected chi connectivity index (χ2v) is 12.2. The van der Waals surface area contributed by atoms with Gasteiger partial charge in [0.15, 0.2) is 17.9 Å². The Balaban J connectivity index is 1.21. The van der Waals surface area contributed by atoms with Gasteiger partial charge in [-0.1, -0.05) is 38.3 Å². The molecule has 1 heterocycles. The lowest BCUT2D eigenvalue weighted by atomic mass is 9.78. The van der Waals surface area contributed by atoms with Gasteiger partial charge in [0, 0.05) is 23.5 Å². The maximum absolute atomic E-state index is 15.3. The van der Waals surface area contributed by atoms with Crippen LogP contribution in [0.5, 0.6) is 11.5 Å². The number of hydrogen-bond acceptors (Lipinski definition) is 4. The van der Waals surface area contributed by atoms with E-state index in [9.17, 15) is 22.0 Å². The molecule has 0 spiro atoms. The Bertz CT molecular complexity index is 1440. The Morgan fingerprint density at radius 1 is 0.783 bits per heavy atom. The van der Waals surface area contributed by atoms with Crippen molar-refractivity contribution in [1.29, 1.82) is 0 Å². The average Bonchev–Trinajstić information content (AvgIpc) is 3.02. The third-order valence-electron chi connectivity index (χ3n) is 8.92. The van der Waals surface area contributed by atoms with Gasteiger partial charge in [0.1, 0.15) is 28.8 Å². The highest BCUT2D eigenvalue weighted by Crippen LogP contribution is 2.41. The van der Waals surface area contributed by atoms with Crippen LogP contribution in [0, 0.1) is 35.1 Å². The topological polar surface area (TPSA) is 36.9 Å². The van der Waals surface area contributed by atoms with Crippen molar-refractivity contribution in [1.82, 2.24) is 0 Å². The molecule has 3 aromatic carbocycles. The van der Waals surface area contributed by atoms with E-state index in [1.54, 1.807) is 13.0 Å². The number of rotatable bonds is 12. The molecule has 0 radical (unpaired) electrons. The van der Waals surface area contributed by atoms with Gasteiger partial charge in [-0.25, -0.2) is 17.6 Å². The summed E-state index contributed by atoms with van der Waals surface area (Å²) in [6.45, 7) is 5.38. The maximum Gasteiger partial charge on any atom is 0.432 e. The van der Waals surface area contributed by atoms with Gasteiger partial charge in [-0.05, 0) is 86.4 Å². The molecule has 1 aliphatic carbocycles. The van der Waals surface area contributed by atoms with E-state index in [1.165, 1.54) is 31.4 Å². The van der Waals surface area contributed by atoms with Crippen molar-refractivity contribution < 1.29 is 45.3 Å². The van der Waals surface area contributed by atoms with Crippen molar-refractivity contribution in [2.24, 2.45) is 11.8 Å². The molecule has 5 rings (SSSR count). The Labute approximate surface area is 266 Å². The Kier molecular flexibility index (Phi) is 11.2. The van der Waals surface area contributed by atoms with E-state index in [4.69, 9.17) is 14.2 Å². The first kappa shape index (κ1) is 34.1. The number of unbranched alkanes of at least 4 members (excludes halogenated alkanes) is 2. The van der Waals surface area contributed by atoms with Crippen LogP contribution in [0.2, 0.25) is 0 Å². The fraction of sp³-hybridized carbons (Fsp3) is 0.500. The quantitative estimate of drug-likeness (QED) is 0.144. The van der Waals surface area contributed by atoms with Gasteiger partial charge in [-0.3, -0.25) is 0 Å². The predicted molar refractivity (Wildman–Crippen MR) is 162 cm³/mol. The third kappa shape index (κ3) is 8.00. The Hall–Kier alpha value is -3.24. The third-order valence-corrected chi connectivity index (χ3v) is 8.92. The fourth-order valence-corrected chi connectivity index (χ4v) is 6.45. The minimum atomic E-state index is -4.49. The molecular formula is C36H40F6O4. The van der Waals surface area contributed by atoms with Crippen molar-refractivity contribution in [3.05, 3.63) is 82.9 Å². The van der Waals surface area contributed by atoms with Crippen LogP contribution in [0.15, 0.2) is 48.5 Å². The number of halogens is 6. The van der Waals surface area contributed by atoms with Crippen LogP contribution in [0.4, 0.5) is 26.3 Å². The summed E-state index contributed by atoms with van der Waals surface area (Å²) in [6, 6.07) is 8.44. The van der Waals surface area contributed by atoms with Gasteiger partial charge in [-0.15, -0.1) is 0 Å². The highest BCUT2D eigenvalue weighted by Gasteiger charge is 2.41. The molecule has 4 nitrogen and oxygen atoms in total. The molecule has 2 aliphatic rings. The molecule has 3 aromatic rings. The van der Waals surface area contributed by atoms with Crippen LogP contribution in [0.1, 0.15) is 82.3 Å². The highest BCUT2D eigenvalue weighted by molar-refractivity contribution is 5.65. The monoisotopic (exact) mass is 650 g/mol. The van der Waals surface area contributed by atoms with E-state index in [2.05, 4.69) is 11.7 Å². The van der Waals surface area contributed by atoms with Gasteiger partial charge in [0.25, 0.3) is 0 Å². The smallest absolute Gasteiger partial charge is 0.432 e. The van der Waals surface area contributed by atoms with E-state index in [0.717, 1.165) is 63.0 Å². The average molecular weight is 651 g/mol. The Morgan fingerprint density at radius 3 is 2.09 bits per heavy atom. The summed E-state index contributed by atoms with van der Waals surface area (Å²) in [5.74, 6) is -4.98. The molecule has 1 saturated carbocycles. The lowest BCUT2D eigenvalue weighted by Crippen LogP contribution is -2.38. The van der Waals surface area contributed by atoms with Crippen LogP contribution in [-0.4, -0.2) is 26.1 Å². The first-order valence-electron chi connectivity index (χ1n) is 16.1. The van der Waals surface area contributed by atoms with E-state index in [-0.39, 0.29) is 41.6 Å². The lowest BCUT2D eigenvalue weighted by Gasteiger charge is -2.37. The van der Waals surface area contributed by atoms with E-state index < -0.39 is 40.7 Å². The summed E-state index contributed by atoms with van der Waals surface area (Å²) >= 11 is 0. The van der Waals surface area contributed by atoms with Crippen molar-refractivity contribution >= 4 is 0 Å². The molecule has 1 saturated heterocycles. The van der Waals surface area contributed by atoms with Crippen LogP contribution in [0.25, 0.3) is 11.1 Å². The molecule has 0 N–H and O–H groups in total. The first-order valence-corrected chi connectivity index (χ1v) is 16.1. The fourth-order valence-electron chi connectivity index (χ4n) is 6.45. The van der Waals surface area contributed by atoms with Crippen molar-refractivity contribution in [2.75, 3.05) is 19.8 Å². The van der Waals surface area contributed by atoms with Crippen molar-refractivity contribution in [2.45, 2.75) is 83.5 Å².